The first-order valence-corrected chi connectivity index (χ1v) is 10.9. The van der Waals surface area contributed by atoms with Crippen molar-refractivity contribution in [2.45, 2.75) is 58.5 Å². The van der Waals surface area contributed by atoms with Crippen molar-refractivity contribution in [1.82, 2.24) is 4.90 Å². The average molecular weight is 416 g/mol. The minimum absolute atomic E-state index is 0.510. The summed E-state index contributed by atoms with van der Waals surface area (Å²) in [5.41, 5.74) is 5.36. The Morgan fingerprint density at radius 3 is 2.27 bits per heavy atom. The fourth-order valence-corrected chi connectivity index (χ4v) is 4.16. The third-order valence-corrected chi connectivity index (χ3v) is 5.97. The number of rotatable bonds is 6. The number of hydrogen-bond acceptors (Lipinski definition) is 1. The minimum atomic E-state index is -4.29. The third-order valence-electron chi connectivity index (χ3n) is 5.97. The van der Waals surface area contributed by atoms with E-state index in [4.69, 9.17) is 0 Å². The van der Waals surface area contributed by atoms with Crippen LogP contribution in [0, 0.1) is 0 Å². The van der Waals surface area contributed by atoms with E-state index < -0.39 is 11.7 Å². The van der Waals surface area contributed by atoms with E-state index in [-0.39, 0.29) is 0 Å². The molecule has 4 heteroatoms. The Labute approximate surface area is 178 Å². The molecule has 1 heterocycles. The Bertz CT molecular complexity index is 893. The van der Waals surface area contributed by atoms with E-state index in [0.29, 0.717) is 17.4 Å². The standard InChI is InChI=1S/C26H32F3N/c1-18(2)24-9-8-20(16-25(24)19(3)4)10-13-30-14-11-21(12-15-30)22-6-5-7-23(17-22)26(27,28)29/h5-9,11,16-19H,10,12-15H2,1-4H3. The summed E-state index contributed by atoms with van der Waals surface area (Å²) in [5.74, 6) is 1.04. The molecule has 2 aromatic carbocycles. The van der Waals surface area contributed by atoms with Crippen LogP contribution in [0.3, 0.4) is 0 Å². The smallest absolute Gasteiger partial charge is 0.299 e. The van der Waals surface area contributed by atoms with Crippen LogP contribution in [0.15, 0.2) is 48.5 Å². The van der Waals surface area contributed by atoms with Gasteiger partial charge in [-0.25, -0.2) is 0 Å². The summed E-state index contributed by atoms with van der Waals surface area (Å²) in [6, 6.07) is 12.6. The maximum Gasteiger partial charge on any atom is 0.416 e. The van der Waals surface area contributed by atoms with E-state index in [2.05, 4.69) is 56.9 Å². The lowest BCUT2D eigenvalue weighted by Crippen LogP contribution is -2.30. The summed E-state index contributed by atoms with van der Waals surface area (Å²) in [7, 11) is 0. The highest BCUT2D eigenvalue weighted by Gasteiger charge is 2.30. The molecule has 0 amide bonds. The molecular weight excluding hydrogens is 383 g/mol. The van der Waals surface area contributed by atoms with E-state index in [1.54, 1.807) is 6.07 Å². The average Bonchev–Trinajstić information content (AvgIpc) is 2.71. The number of benzene rings is 2. The van der Waals surface area contributed by atoms with Crippen LogP contribution in [-0.4, -0.2) is 24.5 Å². The number of halogens is 3. The highest BCUT2D eigenvalue weighted by atomic mass is 19.4. The quantitative estimate of drug-likeness (QED) is 0.479. The highest BCUT2D eigenvalue weighted by molar-refractivity contribution is 5.67. The lowest BCUT2D eigenvalue weighted by atomic mass is 9.88. The predicted octanol–water partition coefficient (Wildman–Crippen LogP) is 7.28. The van der Waals surface area contributed by atoms with E-state index in [9.17, 15) is 13.2 Å². The van der Waals surface area contributed by atoms with E-state index in [1.165, 1.54) is 28.8 Å². The van der Waals surface area contributed by atoms with Crippen LogP contribution < -0.4 is 0 Å². The van der Waals surface area contributed by atoms with Crippen molar-refractivity contribution in [3.05, 3.63) is 76.4 Å². The zero-order valence-electron chi connectivity index (χ0n) is 18.4. The summed E-state index contributed by atoms with van der Waals surface area (Å²) in [6.45, 7) is 11.6. The fraction of sp³-hybridized carbons (Fsp3) is 0.462. The molecule has 0 unspecified atom stereocenters. The van der Waals surface area contributed by atoms with Crippen molar-refractivity contribution in [2.24, 2.45) is 0 Å². The Balaban J connectivity index is 1.62. The number of nitrogens with zero attached hydrogens (tertiary/aromatic N) is 1. The van der Waals surface area contributed by atoms with Crippen LogP contribution in [0.5, 0.6) is 0 Å². The molecule has 30 heavy (non-hydrogen) atoms. The van der Waals surface area contributed by atoms with Crippen LogP contribution in [0.25, 0.3) is 5.57 Å². The third kappa shape index (κ3) is 5.54. The fourth-order valence-electron chi connectivity index (χ4n) is 4.16. The second kappa shape index (κ2) is 9.38. The topological polar surface area (TPSA) is 3.24 Å². The van der Waals surface area contributed by atoms with Crippen molar-refractivity contribution >= 4 is 5.57 Å². The molecule has 0 spiro atoms. The molecular formula is C26H32F3N. The van der Waals surface area contributed by atoms with E-state index >= 15 is 0 Å². The second-order valence-electron chi connectivity index (χ2n) is 8.88. The molecule has 1 aliphatic heterocycles. The first kappa shape index (κ1) is 22.6. The molecule has 0 bridgehead atoms. The van der Waals surface area contributed by atoms with Crippen LogP contribution in [0.4, 0.5) is 13.2 Å². The molecule has 162 valence electrons. The molecule has 0 atom stereocenters. The number of alkyl halides is 3. The molecule has 0 N–H and O–H groups in total. The lowest BCUT2D eigenvalue weighted by molar-refractivity contribution is -0.137. The molecule has 3 rings (SSSR count). The predicted molar refractivity (Wildman–Crippen MR) is 119 cm³/mol. The van der Waals surface area contributed by atoms with Crippen molar-refractivity contribution in [1.29, 1.82) is 0 Å². The van der Waals surface area contributed by atoms with Gasteiger partial charge in [-0.3, -0.25) is 4.90 Å². The first-order valence-electron chi connectivity index (χ1n) is 10.9. The number of hydrogen-bond donors (Lipinski definition) is 0. The Morgan fingerprint density at radius 1 is 0.933 bits per heavy atom. The van der Waals surface area contributed by atoms with Crippen LogP contribution in [0.2, 0.25) is 0 Å². The molecule has 0 fully saturated rings. The van der Waals surface area contributed by atoms with Gasteiger partial charge in [0.1, 0.15) is 0 Å². The Hall–Kier alpha value is -2.07. The van der Waals surface area contributed by atoms with Crippen LogP contribution in [-0.2, 0) is 12.6 Å². The first-order chi connectivity index (χ1) is 14.1. The van der Waals surface area contributed by atoms with E-state index in [0.717, 1.165) is 44.1 Å². The summed E-state index contributed by atoms with van der Waals surface area (Å²) in [6.07, 6.45) is -0.437. The maximum atomic E-state index is 13.0. The van der Waals surface area contributed by atoms with Crippen molar-refractivity contribution in [2.75, 3.05) is 19.6 Å². The summed E-state index contributed by atoms with van der Waals surface area (Å²) >= 11 is 0. The van der Waals surface area contributed by atoms with Gasteiger partial charge in [0.25, 0.3) is 0 Å². The van der Waals surface area contributed by atoms with Gasteiger partial charge >= 0.3 is 6.18 Å². The zero-order chi connectivity index (χ0) is 21.9. The second-order valence-corrected chi connectivity index (χ2v) is 8.88. The van der Waals surface area contributed by atoms with Gasteiger partial charge in [0.2, 0.25) is 0 Å². The van der Waals surface area contributed by atoms with Gasteiger partial charge in [-0.1, -0.05) is 64.1 Å². The van der Waals surface area contributed by atoms with Gasteiger partial charge in [-0.05, 0) is 64.6 Å². The Morgan fingerprint density at radius 2 is 1.67 bits per heavy atom. The molecule has 0 saturated heterocycles. The monoisotopic (exact) mass is 415 g/mol. The lowest BCUT2D eigenvalue weighted by Gasteiger charge is -2.27. The minimum Gasteiger partial charge on any atom is -0.299 e. The van der Waals surface area contributed by atoms with Gasteiger partial charge in [0, 0.05) is 19.6 Å². The van der Waals surface area contributed by atoms with Gasteiger partial charge in [0.15, 0.2) is 0 Å². The summed E-state index contributed by atoms with van der Waals surface area (Å²) < 4.78 is 38.9. The van der Waals surface area contributed by atoms with Crippen LogP contribution >= 0.6 is 0 Å². The summed E-state index contributed by atoms with van der Waals surface area (Å²) in [4.78, 5) is 2.38. The van der Waals surface area contributed by atoms with E-state index in [1.807, 2.05) is 0 Å². The molecule has 1 aliphatic rings. The van der Waals surface area contributed by atoms with Crippen LogP contribution in [0.1, 0.15) is 73.8 Å². The molecule has 0 radical (unpaired) electrons. The molecule has 0 aliphatic carbocycles. The van der Waals surface area contributed by atoms with Gasteiger partial charge < -0.3 is 0 Å². The Kier molecular flexibility index (Phi) is 7.07. The zero-order valence-corrected chi connectivity index (χ0v) is 18.4. The van der Waals surface area contributed by atoms with Crippen molar-refractivity contribution < 1.29 is 13.2 Å². The SMILES string of the molecule is CC(C)c1ccc(CCN2CC=C(c3cccc(C(F)(F)F)c3)CC2)cc1C(C)C. The molecule has 0 saturated carbocycles. The van der Waals surface area contributed by atoms with Gasteiger partial charge in [-0.15, -0.1) is 0 Å². The molecule has 2 aromatic rings. The normalized spacial score (nSPS) is 15.7. The molecule has 1 nitrogen and oxygen atoms in total. The highest BCUT2D eigenvalue weighted by Crippen LogP contribution is 2.32. The van der Waals surface area contributed by atoms with Gasteiger partial charge in [0.05, 0.1) is 5.56 Å². The van der Waals surface area contributed by atoms with Gasteiger partial charge in [-0.2, -0.15) is 13.2 Å². The maximum absolute atomic E-state index is 13.0. The largest absolute Gasteiger partial charge is 0.416 e. The summed E-state index contributed by atoms with van der Waals surface area (Å²) in [5, 5.41) is 0. The molecule has 0 aromatic heterocycles. The van der Waals surface area contributed by atoms with Crippen molar-refractivity contribution in [3.63, 3.8) is 0 Å². The van der Waals surface area contributed by atoms with Crippen molar-refractivity contribution in [3.8, 4) is 0 Å².